The summed E-state index contributed by atoms with van der Waals surface area (Å²) in [4.78, 5) is 29.4. The Hall–Kier alpha value is -2.47. The first kappa shape index (κ1) is 18.3. The molecule has 0 aliphatic carbocycles. The van der Waals surface area contributed by atoms with E-state index in [-0.39, 0.29) is 11.8 Å². The van der Waals surface area contributed by atoms with Gasteiger partial charge in [0.25, 0.3) is 5.91 Å². The molecule has 6 heteroatoms. The molecule has 0 aromatic heterocycles. The third-order valence-corrected chi connectivity index (χ3v) is 4.96. The number of amides is 2. The van der Waals surface area contributed by atoms with Crippen LogP contribution in [0.4, 0.5) is 0 Å². The van der Waals surface area contributed by atoms with E-state index in [0.717, 1.165) is 11.3 Å². The molecule has 5 nitrogen and oxygen atoms in total. The van der Waals surface area contributed by atoms with Crippen LogP contribution < -0.4 is 4.74 Å². The van der Waals surface area contributed by atoms with Crippen molar-refractivity contribution < 1.29 is 14.3 Å². The van der Waals surface area contributed by atoms with Gasteiger partial charge in [-0.2, -0.15) is 0 Å². The number of ether oxygens (including phenoxy) is 1. The Bertz CT molecular complexity index is 784. The van der Waals surface area contributed by atoms with E-state index in [9.17, 15) is 9.59 Å². The molecule has 0 saturated carbocycles. The molecule has 2 amide bonds. The van der Waals surface area contributed by atoms with Gasteiger partial charge >= 0.3 is 0 Å². The molecule has 136 valence electrons. The van der Waals surface area contributed by atoms with Crippen LogP contribution in [0.2, 0.25) is 0 Å². The highest BCUT2D eigenvalue weighted by molar-refractivity contribution is 7.80. The monoisotopic (exact) mass is 370 g/mol. The third-order valence-electron chi connectivity index (χ3n) is 4.57. The lowest BCUT2D eigenvalue weighted by molar-refractivity contribution is -0.131. The van der Waals surface area contributed by atoms with Crippen LogP contribution in [0.3, 0.4) is 0 Å². The van der Waals surface area contributed by atoms with E-state index in [1.54, 1.807) is 18.1 Å². The summed E-state index contributed by atoms with van der Waals surface area (Å²) in [5.74, 6) is 0.826. The molecule has 0 N–H and O–H groups in total. The second-order valence-electron chi connectivity index (χ2n) is 6.21. The van der Waals surface area contributed by atoms with Crippen molar-refractivity contribution in [2.24, 2.45) is 0 Å². The Balaban J connectivity index is 1.55. The zero-order valence-electron chi connectivity index (χ0n) is 14.7. The second-order valence-corrected chi connectivity index (χ2v) is 6.70. The molecule has 1 aliphatic heterocycles. The minimum Gasteiger partial charge on any atom is -0.497 e. The quantitative estimate of drug-likeness (QED) is 0.842. The molecule has 0 bridgehead atoms. The molecular weight excluding hydrogens is 348 g/mol. The fourth-order valence-corrected chi connectivity index (χ4v) is 3.27. The van der Waals surface area contributed by atoms with Crippen molar-refractivity contribution in [1.29, 1.82) is 0 Å². The van der Waals surface area contributed by atoms with Gasteiger partial charge in [0, 0.05) is 31.1 Å². The Labute approximate surface area is 159 Å². The molecule has 0 radical (unpaired) electrons. The maximum atomic E-state index is 12.6. The van der Waals surface area contributed by atoms with E-state index in [1.165, 1.54) is 0 Å². The molecule has 0 atom stereocenters. The average molecular weight is 370 g/mol. The average Bonchev–Trinajstić information content (AvgIpc) is 2.68. The summed E-state index contributed by atoms with van der Waals surface area (Å²) in [6.07, 6.45) is 0.359. The number of methoxy groups -OCH3 is 1. The number of benzene rings is 2. The van der Waals surface area contributed by atoms with Crippen LogP contribution >= 0.6 is 12.6 Å². The van der Waals surface area contributed by atoms with Crippen LogP contribution in [0, 0.1) is 0 Å². The van der Waals surface area contributed by atoms with Gasteiger partial charge in [0.1, 0.15) is 5.75 Å². The summed E-state index contributed by atoms with van der Waals surface area (Å²) in [5, 5.41) is 0. The fraction of sp³-hybridized carbons (Fsp3) is 0.300. The molecule has 1 fully saturated rings. The first-order valence-electron chi connectivity index (χ1n) is 8.56. The van der Waals surface area contributed by atoms with Gasteiger partial charge < -0.3 is 14.5 Å². The summed E-state index contributed by atoms with van der Waals surface area (Å²) in [6.45, 7) is 2.18. The summed E-state index contributed by atoms with van der Waals surface area (Å²) >= 11 is 4.36. The molecule has 2 aromatic carbocycles. The van der Waals surface area contributed by atoms with Crippen LogP contribution in [0.15, 0.2) is 53.4 Å². The summed E-state index contributed by atoms with van der Waals surface area (Å²) in [7, 11) is 1.62. The standard InChI is InChI=1S/C20H22N2O3S/c1-25-16-8-6-15(7-9-16)14-19(23)21-10-12-22(13-11-21)20(24)17-4-2-3-5-18(17)26/h2-9,26H,10-14H2,1H3. The van der Waals surface area contributed by atoms with Gasteiger partial charge in [0.2, 0.25) is 5.91 Å². The Morgan fingerprint density at radius 2 is 1.58 bits per heavy atom. The number of thiol groups is 1. The minimum absolute atomic E-state index is 0.0298. The predicted octanol–water partition coefficient (Wildman–Crippen LogP) is 2.51. The van der Waals surface area contributed by atoms with Crippen molar-refractivity contribution in [3.05, 3.63) is 59.7 Å². The number of piperazine rings is 1. The lowest BCUT2D eigenvalue weighted by atomic mass is 10.1. The fourth-order valence-electron chi connectivity index (χ4n) is 3.01. The van der Waals surface area contributed by atoms with Crippen molar-refractivity contribution in [2.75, 3.05) is 33.3 Å². The van der Waals surface area contributed by atoms with Gasteiger partial charge in [0.05, 0.1) is 19.1 Å². The van der Waals surface area contributed by atoms with E-state index in [0.29, 0.717) is 43.1 Å². The SMILES string of the molecule is COc1ccc(CC(=O)N2CCN(C(=O)c3ccccc3S)CC2)cc1. The van der Waals surface area contributed by atoms with E-state index < -0.39 is 0 Å². The van der Waals surface area contributed by atoms with Crippen molar-refractivity contribution >= 4 is 24.4 Å². The van der Waals surface area contributed by atoms with Crippen molar-refractivity contribution in [2.45, 2.75) is 11.3 Å². The van der Waals surface area contributed by atoms with Crippen LogP contribution in [0.1, 0.15) is 15.9 Å². The smallest absolute Gasteiger partial charge is 0.255 e. The van der Waals surface area contributed by atoms with Gasteiger partial charge in [-0.05, 0) is 29.8 Å². The lowest BCUT2D eigenvalue weighted by Crippen LogP contribution is -2.51. The van der Waals surface area contributed by atoms with Gasteiger partial charge in [-0.15, -0.1) is 12.6 Å². The number of hydrogen-bond acceptors (Lipinski definition) is 4. The normalized spacial score (nSPS) is 14.2. The zero-order chi connectivity index (χ0) is 18.5. The van der Waals surface area contributed by atoms with E-state index >= 15 is 0 Å². The zero-order valence-corrected chi connectivity index (χ0v) is 15.6. The Morgan fingerprint density at radius 1 is 0.962 bits per heavy atom. The van der Waals surface area contributed by atoms with Gasteiger partial charge in [-0.1, -0.05) is 24.3 Å². The number of carbonyl (C=O) groups excluding carboxylic acids is 2. The van der Waals surface area contributed by atoms with Crippen LogP contribution in [0.25, 0.3) is 0 Å². The van der Waals surface area contributed by atoms with Gasteiger partial charge in [-0.25, -0.2) is 0 Å². The highest BCUT2D eigenvalue weighted by Gasteiger charge is 2.25. The largest absolute Gasteiger partial charge is 0.497 e. The van der Waals surface area contributed by atoms with Gasteiger partial charge in [0.15, 0.2) is 0 Å². The highest BCUT2D eigenvalue weighted by atomic mass is 32.1. The first-order chi connectivity index (χ1) is 12.6. The molecule has 2 aromatic rings. The lowest BCUT2D eigenvalue weighted by Gasteiger charge is -2.35. The molecule has 0 spiro atoms. The highest BCUT2D eigenvalue weighted by Crippen LogP contribution is 2.17. The Morgan fingerprint density at radius 3 is 2.19 bits per heavy atom. The van der Waals surface area contributed by atoms with E-state index in [4.69, 9.17) is 4.74 Å². The first-order valence-corrected chi connectivity index (χ1v) is 9.01. The van der Waals surface area contributed by atoms with Crippen LogP contribution in [-0.4, -0.2) is 54.9 Å². The number of nitrogens with zero attached hydrogens (tertiary/aromatic N) is 2. The molecule has 1 heterocycles. The summed E-state index contributed by atoms with van der Waals surface area (Å²) < 4.78 is 5.13. The van der Waals surface area contributed by atoms with Crippen LogP contribution in [0.5, 0.6) is 5.75 Å². The number of carbonyl (C=O) groups is 2. The maximum Gasteiger partial charge on any atom is 0.255 e. The molecule has 0 unspecified atom stereocenters. The topological polar surface area (TPSA) is 49.9 Å². The summed E-state index contributed by atoms with van der Waals surface area (Å²) in [6, 6.07) is 14.8. The van der Waals surface area contributed by atoms with E-state index in [2.05, 4.69) is 12.6 Å². The molecular formula is C20H22N2O3S. The van der Waals surface area contributed by atoms with Gasteiger partial charge in [-0.3, -0.25) is 9.59 Å². The van der Waals surface area contributed by atoms with Crippen LogP contribution in [-0.2, 0) is 11.2 Å². The second kappa shape index (κ2) is 8.27. The maximum absolute atomic E-state index is 12.6. The van der Waals surface area contributed by atoms with Crippen molar-refractivity contribution in [3.63, 3.8) is 0 Å². The van der Waals surface area contributed by atoms with E-state index in [1.807, 2.05) is 47.4 Å². The third kappa shape index (κ3) is 4.19. The van der Waals surface area contributed by atoms with Crippen molar-refractivity contribution in [3.8, 4) is 5.75 Å². The molecule has 1 saturated heterocycles. The minimum atomic E-state index is -0.0298. The Kier molecular flexibility index (Phi) is 5.83. The number of rotatable bonds is 4. The molecule has 3 rings (SSSR count). The molecule has 1 aliphatic rings. The summed E-state index contributed by atoms with van der Waals surface area (Å²) in [5.41, 5.74) is 1.56. The number of hydrogen-bond donors (Lipinski definition) is 1. The predicted molar refractivity (Wildman–Crippen MR) is 103 cm³/mol. The molecule has 26 heavy (non-hydrogen) atoms. The van der Waals surface area contributed by atoms with Crippen molar-refractivity contribution in [1.82, 2.24) is 9.80 Å².